The molecule has 2 heterocycles. The van der Waals surface area contributed by atoms with Gasteiger partial charge in [0.25, 0.3) is 10.0 Å². The van der Waals surface area contributed by atoms with E-state index in [4.69, 9.17) is 9.47 Å². The largest absolute Gasteiger partial charge is 0.493 e. The van der Waals surface area contributed by atoms with Crippen molar-refractivity contribution in [1.29, 1.82) is 0 Å². The molecule has 0 amide bonds. The molecule has 4 rings (SSSR count). The molecule has 2 aromatic rings. The number of rotatable bonds is 6. The van der Waals surface area contributed by atoms with Gasteiger partial charge >= 0.3 is 0 Å². The lowest BCUT2D eigenvalue weighted by Gasteiger charge is -2.29. The maximum absolute atomic E-state index is 13.2. The molecule has 0 bridgehead atoms. The molecular formula is C23H25NO4S. The Morgan fingerprint density at radius 3 is 2.52 bits per heavy atom. The summed E-state index contributed by atoms with van der Waals surface area (Å²) in [5.41, 5.74) is 2.30. The number of nitrogens with zero attached hydrogens (tertiary/aromatic N) is 1. The average molecular weight is 412 g/mol. The molecule has 1 fully saturated rings. The van der Waals surface area contributed by atoms with Crippen LogP contribution in [0.25, 0.3) is 4.91 Å². The highest BCUT2D eigenvalue weighted by Crippen LogP contribution is 2.32. The van der Waals surface area contributed by atoms with Gasteiger partial charge in [-0.3, -0.25) is 4.31 Å². The molecule has 29 heavy (non-hydrogen) atoms. The lowest BCUT2D eigenvalue weighted by atomic mass is 10.1. The van der Waals surface area contributed by atoms with Crippen molar-refractivity contribution in [2.75, 3.05) is 19.8 Å². The minimum atomic E-state index is -3.62. The maximum atomic E-state index is 13.2. The molecule has 2 aromatic carbocycles. The van der Waals surface area contributed by atoms with Gasteiger partial charge in [-0.15, -0.1) is 0 Å². The fourth-order valence-corrected chi connectivity index (χ4v) is 5.19. The number of sulfonamides is 1. The Morgan fingerprint density at radius 2 is 1.83 bits per heavy atom. The third kappa shape index (κ3) is 4.38. The second kappa shape index (κ2) is 8.43. The Hall–Kier alpha value is -2.57. The lowest BCUT2D eigenvalue weighted by molar-refractivity contribution is 0.167. The van der Waals surface area contributed by atoms with Crippen LogP contribution in [0.1, 0.15) is 24.5 Å². The second-order valence-electron chi connectivity index (χ2n) is 7.40. The van der Waals surface area contributed by atoms with Crippen LogP contribution in [0.2, 0.25) is 0 Å². The van der Waals surface area contributed by atoms with Gasteiger partial charge in [0.05, 0.1) is 24.7 Å². The monoisotopic (exact) mass is 411 g/mol. The second-order valence-corrected chi connectivity index (χ2v) is 9.23. The number of benzene rings is 2. The normalized spacial score (nSPS) is 20.9. The van der Waals surface area contributed by atoms with Gasteiger partial charge in [-0.1, -0.05) is 42.5 Å². The van der Waals surface area contributed by atoms with Crippen LogP contribution in [0.4, 0.5) is 0 Å². The Bertz CT molecular complexity index is 1000. The molecular weight excluding hydrogens is 386 g/mol. The summed E-state index contributed by atoms with van der Waals surface area (Å²) in [5, 5.41) is 0. The average Bonchev–Trinajstić information content (AvgIpc) is 3.25. The zero-order valence-electron chi connectivity index (χ0n) is 16.5. The maximum Gasteiger partial charge on any atom is 0.264 e. The van der Waals surface area contributed by atoms with Crippen molar-refractivity contribution in [3.8, 4) is 5.75 Å². The zero-order valence-corrected chi connectivity index (χ0v) is 17.3. The van der Waals surface area contributed by atoms with Crippen molar-refractivity contribution in [2.45, 2.75) is 19.9 Å². The molecule has 0 aromatic heterocycles. The highest BCUT2D eigenvalue weighted by Gasteiger charge is 2.30. The molecule has 0 N–H and O–H groups in total. The Morgan fingerprint density at radius 1 is 1.07 bits per heavy atom. The van der Waals surface area contributed by atoms with Crippen molar-refractivity contribution < 1.29 is 17.9 Å². The molecule has 0 aliphatic carbocycles. The highest BCUT2D eigenvalue weighted by molar-refractivity contribution is 7.98. The fraction of sp³-hybridized carbons (Fsp3) is 0.304. The third-order valence-electron chi connectivity index (χ3n) is 5.25. The van der Waals surface area contributed by atoms with Crippen LogP contribution >= 0.6 is 0 Å². The van der Waals surface area contributed by atoms with Crippen LogP contribution in [0.5, 0.6) is 5.75 Å². The third-order valence-corrected chi connectivity index (χ3v) is 7.18. The van der Waals surface area contributed by atoms with Crippen LogP contribution in [0.15, 0.2) is 72.4 Å². The first-order valence-electron chi connectivity index (χ1n) is 9.80. The van der Waals surface area contributed by atoms with E-state index in [0.717, 1.165) is 30.9 Å². The van der Waals surface area contributed by atoms with E-state index < -0.39 is 10.0 Å². The van der Waals surface area contributed by atoms with Gasteiger partial charge in [0.15, 0.2) is 0 Å². The molecule has 152 valence electrons. The highest BCUT2D eigenvalue weighted by atomic mass is 32.2. The first kappa shape index (κ1) is 19.7. The van der Waals surface area contributed by atoms with E-state index in [9.17, 15) is 8.42 Å². The zero-order chi connectivity index (χ0) is 20.3. The summed E-state index contributed by atoms with van der Waals surface area (Å²) >= 11 is 0. The van der Waals surface area contributed by atoms with Crippen molar-refractivity contribution >= 4 is 14.9 Å². The molecule has 0 unspecified atom stereocenters. The van der Waals surface area contributed by atoms with Crippen LogP contribution in [0, 0.1) is 5.92 Å². The van der Waals surface area contributed by atoms with E-state index in [0.29, 0.717) is 28.7 Å². The summed E-state index contributed by atoms with van der Waals surface area (Å²) in [6.45, 7) is 4.31. The Balaban J connectivity index is 1.47. The topological polar surface area (TPSA) is 55.8 Å². The van der Waals surface area contributed by atoms with Gasteiger partial charge in [0.1, 0.15) is 5.75 Å². The molecule has 0 saturated carbocycles. The lowest BCUT2D eigenvalue weighted by Crippen LogP contribution is -2.31. The summed E-state index contributed by atoms with van der Waals surface area (Å²) in [5.74, 6) is 1.24. The molecule has 1 saturated heterocycles. The van der Waals surface area contributed by atoms with Gasteiger partial charge in [-0.25, -0.2) is 8.42 Å². The Kier molecular flexibility index (Phi) is 5.74. The van der Waals surface area contributed by atoms with Crippen molar-refractivity contribution in [3.63, 3.8) is 0 Å². The van der Waals surface area contributed by atoms with Crippen LogP contribution < -0.4 is 4.74 Å². The van der Waals surface area contributed by atoms with Gasteiger partial charge < -0.3 is 9.47 Å². The summed E-state index contributed by atoms with van der Waals surface area (Å²) in [6.07, 6.45) is 4.57. The molecule has 0 spiro atoms. The SMILES string of the molecule is CC1=CC=C(c2ccccc2)S(=O)(=O)N1Cc1ccc(OC[C@H]2CCOC2)cc1. The number of ether oxygens (including phenoxy) is 2. The van der Waals surface area contributed by atoms with Crippen LogP contribution in [0.3, 0.4) is 0 Å². The summed E-state index contributed by atoms with van der Waals surface area (Å²) < 4.78 is 39.1. The summed E-state index contributed by atoms with van der Waals surface area (Å²) in [6, 6.07) is 16.8. The predicted octanol–water partition coefficient (Wildman–Crippen LogP) is 4.19. The molecule has 5 nitrogen and oxygen atoms in total. The number of hydrogen-bond donors (Lipinski definition) is 0. The summed E-state index contributed by atoms with van der Waals surface area (Å²) in [7, 11) is -3.62. The molecule has 2 aliphatic heterocycles. The molecule has 0 radical (unpaired) electrons. The molecule has 1 atom stereocenters. The smallest absolute Gasteiger partial charge is 0.264 e. The van der Waals surface area contributed by atoms with Crippen LogP contribution in [-0.4, -0.2) is 32.5 Å². The van der Waals surface area contributed by atoms with Gasteiger partial charge in [-0.2, -0.15) is 0 Å². The minimum absolute atomic E-state index is 0.283. The van der Waals surface area contributed by atoms with Crippen molar-refractivity contribution in [1.82, 2.24) is 4.31 Å². The molecule has 6 heteroatoms. The van der Waals surface area contributed by atoms with E-state index in [-0.39, 0.29) is 6.54 Å². The Labute approximate surface area is 172 Å². The first-order chi connectivity index (χ1) is 14.0. The van der Waals surface area contributed by atoms with Crippen LogP contribution in [-0.2, 0) is 21.3 Å². The fourth-order valence-electron chi connectivity index (χ4n) is 3.52. The number of allylic oxidation sites excluding steroid dienone is 3. The minimum Gasteiger partial charge on any atom is -0.493 e. The van der Waals surface area contributed by atoms with Crippen molar-refractivity contribution in [3.05, 3.63) is 83.6 Å². The van der Waals surface area contributed by atoms with Gasteiger partial charge in [-0.05, 0) is 48.8 Å². The van der Waals surface area contributed by atoms with E-state index in [1.807, 2.05) is 67.6 Å². The van der Waals surface area contributed by atoms with Gasteiger partial charge in [0.2, 0.25) is 0 Å². The number of hydrogen-bond acceptors (Lipinski definition) is 4. The summed E-state index contributed by atoms with van der Waals surface area (Å²) in [4.78, 5) is 0.322. The van der Waals surface area contributed by atoms with Gasteiger partial charge in [0, 0.05) is 18.2 Å². The van der Waals surface area contributed by atoms with E-state index in [1.54, 1.807) is 6.08 Å². The predicted molar refractivity (Wildman–Crippen MR) is 114 cm³/mol. The van der Waals surface area contributed by atoms with E-state index in [1.165, 1.54) is 4.31 Å². The standard InChI is InChI=1S/C23H25NO4S/c1-18-7-12-23(21-5-3-2-4-6-21)29(25,26)24(18)15-19-8-10-22(11-9-19)28-17-20-13-14-27-16-20/h2-12,20H,13-17H2,1H3/t20-/m0/s1. The quantitative estimate of drug-likeness (QED) is 0.715. The first-order valence-corrected chi connectivity index (χ1v) is 11.2. The molecule has 2 aliphatic rings. The van der Waals surface area contributed by atoms with E-state index >= 15 is 0 Å². The van der Waals surface area contributed by atoms with E-state index in [2.05, 4.69) is 0 Å². The van der Waals surface area contributed by atoms with Crippen molar-refractivity contribution in [2.24, 2.45) is 5.92 Å².